The SMILES string of the molecule is CSCC(C)CN1C(=O)C2(CC2)NC1c1ccccc1F. The van der Waals surface area contributed by atoms with E-state index in [1.807, 2.05) is 11.0 Å². The van der Waals surface area contributed by atoms with E-state index >= 15 is 0 Å². The minimum Gasteiger partial charge on any atom is -0.321 e. The van der Waals surface area contributed by atoms with Gasteiger partial charge in [-0.25, -0.2) is 4.39 Å². The van der Waals surface area contributed by atoms with E-state index in [1.165, 1.54) is 6.07 Å². The smallest absolute Gasteiger partial charge is 0.244 e. The van der Waals surface area contributed by atoms with Gasteiger partial charge in [-0.2, -0.15) is 11.8 Å². The molecule has 2 unspecified atom stereocenters. The van der Waals surface area contributed by atoms with Crippen LogP contribution in [0.2, 0.25) is 0 Å². The number of thioether (sulfide) groups is 1. The van der Waals surface area contributed by atoms with Crippen molar-refractivity contribution in [3.63, 3.8) is 0 Å². The van der Waals surface area contributed by atoms with Crippen LogP contribution in [0.25, 0.3) is 0 Å². The molecule has 0 aromatic heterocycles. The molecule has 0 radical (unpaired) electrons. The van der Waals surface area contributed by atoms with Gasteiger partial charge in [-0.15, -0.1) is 0 Å². The molecule has 1 N–H and O–H groups in total. The average Bonchev–Trinajstić information content (AvgIpc) is 3.19. The van der Waals surface area contributed by atoms with Gasteiger partial charge in [-0.3, -0.25) is 10.1 Å². The summed E-state index contributed by atoms with van der Waals surface area (Å²) in [6.07, 6.45) is 3.47. The van der Waals surface area contributed by atoms with E-state index in [0.717, 1.165) is 18.6 Å². The molecule has 1 aliphatic carbocycles. The predicted octanol–water partition coefficient (Wildman–Crippen LogP) is 2.79. The highest BCUT2D eigenvalue weighted by Gasteiger charge is 2.59. The summed E-state index contributed by atoms with van der Waals surface area (Å²) in [6, 6.07) is 6.74. The maximum Gasteiger partial charge on any atom is 0.244 e. The molecule has 1 aromatic carbocycles. The number of rotatable bonds is 5. The number of nitrogens with zero attached hydrogens (tertiary/aromatic N) is 1. The molecule has 1 spiro atoms. The van der Waals surface area contributed by atoms with Crippen molar-refractivity contribution in [1.29, 1.82) is 0 Å². The highest BCUT2D eigenvalue weighted by Crippen LogP contribution is 2.46. The van der Waals surface area contributed by atoms with E-state index in [2.05, 4.69) is 18.5 Å². The average molecular weight is 308 g/mol. The zero-order valence-corrected chi connectivity index (χ0v) is 13.3. The first-order valence-corrected chi connectivity index (χ1v) is 8.79. The molecule has 1 heterocycles. The molecule has 1 saturated carbocycles. The van der Waals surface area contributed by atoms with Gasteiger partial charge >= 0.3 is 0 Å². The molecule has 5 heteroatoms. The molecule has 2 fully saturated rings. The highest BCUT2D eigenvalue weighted by atomic mass is 32.2. The van der Waals surface area contributed by atoms with Gasteiger partial charge in [-0.05, 0) is 36.8 Å². The lowest BCUT2D eigenvalue weighted by molar-refractivity contribution is -0.131. The van der Waals surface area contributed by atoms with Crippen LogP contribution in [0.1, 0.15) is 31.5 Å². The van der Waals surface area contributed by atoms with Crippen LogP contribution < -0.4 is 5.32 Å². The van der Waals surface area contributed by atoms with E-state index in [9.17, 15) is 9.18 Å². The molecule has 2 atom stereocenters. The van der Waals surface area contributed by atoms with Crippen LogP contribution >= 0.6 is 11.8 Å². The number of halogens is 1. The number of carbonyl (C=O) groups is 1. The molecule has 1 aromatic rings. The van der Waals surface area contributed by atoms with Crippen molar-refractivity contribution < 1.29 is 9.18 Å². The molecule has 0 bridgehead atoms. The first-order valence-electron chi connectivity index (χ1n) is 7.39. The molecule has 1 saturated heterocycles. The number of amides is 1. The van der Waals surface area contributed by atoms with Crippen molar-refractivity contribution in [3.8, 4) is 0 Å². The number of benzene rings is 1. The van der Waals surface area contributed by atoms with Crippen molar-refractivity contribution in [2.45, 2.75) is 31.5 Å². The molecule has 1 amide bonds. The number of hydrogen-bond acceptors (Lipinski definition) is 3. The van der Waals surface area contributed by atoms with Crippen molar-refractivity contribution in [2.24, 2.45) is 5.92 Å². The number of carbonyl (C=O) groups excluding carboxylic acids is 1. The predicted molar refractivity (Wildman–Crippen MR) is 83.5 cm³/mol. The van der Waals surface area contributed by atoms with E-state index in [0.29, 0.717) is 18.0 Å². The lowest BCUT2D eigenvalue weighted by Gasteiger charge is -2.27. The second kappa shape index (κ2) is 5.61. The quantitative estimate of drug-likeness (QED) is 0.908. The molecule has 3 nitrogen and oxygen atoms in total. The number of hydrogen-bond donors (Lipinski definition) is 1. The van der Waals surface area contributed by atoms with Crippen LogP contribution in [0.5, 0.6) is 0 Å². The highest BCUT2D eigenvalue weighted by molar-refractivity contribution is 7.98. The lowest BCUT2D eigenvalue weighted by Crippen LogP contribution is -2.36. The van der Waals surface area contributed by atoms with Crippen LogP contribution in [0.4, 0.5) is 4.39 Å². The van der Waals surface area contributed by atoms with Crippen molar-refractivity contribution in [3.05, 3.63) is 35.6 Å². The van der Waals surface area contributed by atoms with Crippen LogP contribution in [0.3, 0.4) is 0 Å². The first-order chi connectivity index (χ1) is 10.1. The van der Waals surface area contributed by atoms with Crippen LogP contribution in [0, 0.1) is 11.7 Å². The van der Waals surface area contributed by atoms with E-state index in [-0.39, 0.29) is 17.9 Å². The van der Waals surface area contributed by atoms with Crippen molar-refractivity contribution >= 4 is 17.7 Å². The lowest BCUT2D eigenvalue weighted by atomic mass is 10.1. The fourth-order valence-electron chi connectivity index (χ4n) is 3.08. The third-order valence-electron chi connectivity index (χ3n) is 4.30. The van der Waals surface area contributed by atoms with Gasteiger partial charge in [0.05, 0.1) is 0 Å². The Bertz CT molecular complexity index is 547. The second-order valence-corrected chi connectivity index (χ2v) is 7.08. The maximum atomic E-state index is 14.1. The Kier molecular flexibility index (Phi) is 3.97. The van der Waals surface area contributed by atoms with Crippen molar-refractivity contribution in [1.82, 2.24) is 10.2 Å². The maximum absolute atomic E-state index is 14.1. The Balaban J connectivity index is 1.86. The molecule has 1 aliphatic heterocycles. The molecular weight excluding hydrogens is 287 g/mol. The third-order valence-corrected chi connectivity index (χ3v) is 5.21. The summed E-state index contributed by atoms with van der Waals surface area (Å²) < 4.78 is 14.1. The minimum atomic E-state index is -0.411. The fourth-order valence-corrected chi connectivity index (χ4v) is 3.75. The summed E-state index contributed by atoms with van der Waals surface area (Å²) in [7, 11) is 0. The Hall–Kier alpha value is -1.07. The zero-order chi connectivity index (χ0) is 15.0. The normalized spacial score (nSPS) is 24.6. The van der Waals surface area contributed by atoms with Gasteiger partial charge in [0.25, 0.3) is 0 Å². The second-order valence-electron chi connectivity index (χ2n) is 6.17. The molecule has 21 heavy (non-hydrogen) atoms. The van der Waals surface area contributed by atoms with Crippen LogP contribution in [0.15, 0.2) is 24.3 Å². The summed E-state index contributed by atoms with van der Waals surface area (Å²) in [4.78, 5) is 14.5. The van der Waals surface area contributed by atoms with Crippen molar-refractivity contribution in [2.75, 3.05) is 18.6 Å². The van der Waals surface area contributed by atoms with E-state index < -0.39 is 5.54 Å². The summed E-state index contributed by atoms with van der Waals surface area (Å²) in [6.45, 7) is 2.81. The largest absolute Gasteiger partial charge is 0.321 e. The van der Waals surface area contributed by atoms with Gasteiger partial charge in [-0.1, -0.05) is 25.1 Å². The van der Waals surface area contributed by atoms with Gasteiger partial charge in [0.1, 0.15) is 17.5 Å². The Labute approximate surface area is 129 Å². The summed E-state index contributed by atoms with van der Waals surface area (Å²) >= 11 is 1.78. The standard InChI is InChI=1S/C16H21FN2OS/c1-11(10-21-2)9-19-14(12-5-3-4-6-13(12)17)18-16(7-8-16)15(19)20/h3-6,11,14,18H,7-10H2,1-2H3. The topological polar surface area (TPSA) is 32.3 Å². The Morgan fingerprint density at radius 2 is 2.19 bits per heavy atom. The minimum absolute atomic E-state index is 0.142. The van der Waals surface area contributed by atoms with Gasteiger partial charge < -0.3 is 4.90 Å². The molecular formula is C16H21FN2OS. The fraction of sp³-hybridized carbons (Fsp3) is 0.562. The van der Waals surface area contributed by atoms with E-state index in [4.69, 9.17) is 0 Å². The third kappa shape index (κ3) is 2.69. The molecule has 3 rings (SSSR count). The summed E-state index contributed by atoms with van der Waals surface area (Å²) in [5, 5.41) is 3.38. The zero-order valence-electron chi connectivity index (χ0n) is 12.4. The van der Waals surface area contributed by atoms with Gasteiger partial charge in [0.15, 0.2) is 0 Å². The van der Waals surface area contributed by atoms with E-state index in [1.54, 1.807) is 23.9 Å². The van der Waals surface area contributed by atoms with Crippen LogP contribution in [-0.4, -0.2) is 34.9 Å². The Morgan fingerprint density at radius 1 is 1.48 bits per heavy atom. The first kappa shape index (κ1) is 14.9. The summed E-state index contributed by atoms with van der Waals surface area (Å²) in [5.41, 5.74) is 0.164. The molecule has 114 valence electrons. The van der Waals surface area contributed by atoms with Gasteiger partial charge in [0, 0.05) is 12.1 Å². The van der Waals surface area contributed by atoms with Gasteiger partial charge in [0.2, 0.25) is 5.91 Å². The van der Waals surface area contributed by atoms with Crippen LogP contribution in [-0.2, 0) is 4.79 Å². The molecule has 2 aliphatic rings. The Morgan fingerprint density at radius 3 is 2.81 bits per heavy atom. The number of nitrogens with one attached hydrogen (secondary N) is 1. The summed E-state index contributed by atoms with van der Waals surface area (Å²) in [5.74, 6) is 1.29. The monoisotopic (exact) mass is 308 g/mol.